The van der Waals surface area contributed by atoms with Gasteiger partial charge < -0.3 is 14.7 Å². The fraction of sp³-hybridized carbons (Fsp3) is 0.545. The third kappa shape index (κ3) is 4.67. The highest BCUT2D eigenvalue weighted by Crippen LogP contribution is 2.15. The van der Waals surface area contributed by atoms with Crippen molar-refractivity contribution < 1.29 is 14.6 Å². The molecule has 1 rings (SSSR count). The summed E-state index contributed by atoms with van der Waals surface area (Å²) in [5, 5.41) is 8.60. The number of carbonyl (C=O) groups is 1. The Labute approximate surface area is 100 Å². The van der Waals surface area contributed by atoms with Crippen LogP contribution in [0.15, 0.2) is 12.4 Å². The molecule has 17 heavy (non-hydrogen) atoms. The zero-order chi connectivity index (χ0) is 12.8. The zero-order valence-electron chi connectivity index (χ0n) is 10.3. The van der Waals surface area contributed by atoms with E-state index >= 15 is 0 Å². The second-order valence-corrected chi connectivity index (χ2v) is 3.95. The molecule has 0 atom stereocenters. The predicted octanol–water partition coefficient (Wildman–Crippen LogP) is 1.17. The minimum atomic E-state index is -0.829. The SMILES string of the molecule is CC(C)Oc1cc(N(C)CCC(=O)O)ncn1. The summed E-state index contributed by atoms with van der Waals surface area (Å²) >= 11 is 0. The van der Waals surface area contributed by atoms with Crippen molar-refractivity contribution in [3.05, 3.63) is 12.4 Å². The molecular weight excluding hydrogens is 222 g/mol. The highest BCUT2D eigenvalue weighted by molar-refractivity contribution is 5.67. The number of aliphatic carboxylic acids is 1. The van der Waals surface area contributed by atoms with Gasteiger partial charge in [0.2, 0.25) is 5.88 Å². The van der Waals surface area contributed by atoms with E-state index in [9.17, 15) is 4.79 Å². The van der Waals surface area contributed by atoms with Gasteiger partial charge in [0, 0.05) is 19.7 Å². The molecule has 0 fully saturated rings. The van der Waals surface area contributed by atoms with E-state index in [1.807, 2.05) is 13.8 Å². The number of aromatic nitrogens is 2. The molecule has 0 aliphatic carbocycles. The number of carboxylic acids is 1. The first kappa shape index (κ1) is 13.2. The van der Waals surface area contributed by atoms with Crippen LogP contribution in [0.2, 0.25) is 0 Å². The van der Waals surface area contributed by atoms with Crippen LogP contribution < -0.4 is 9.64 Å². The third-order valence-corrected chi connectivity index (χ3v) is 2.04. The Morgan fingerprint density at radius 1 is 1.53 bits per heavy atom. The summed E-state index contributed by atoms with van der Waals surface area (Å²) in [6.07, 6.45) is 1.52. The van der Waals surface area contributed by atoms with Crippen LogP contribution in [-0.4, -0.2) is 40.7 Å². The van der Waals surface area contributed by atoms with Gasteiger partial charge in [0.25, 0.3) is 0 Å². The monoisotopic (exact) mass is 239 g/mol. The van der Waals surface area contributed by atoms with Gasteiger partial charge in [0.05, 0.1) is 12.5 Å². The summed E-state index contributed by atoms with van der Waals surface area (Å²) in [4.78, 5) is 20.3. The molecule has 0 saturated carbocycles. The van der Waals surface area contributed by atoms with Crippen LogP contribution in [0.1, 0.15) is 20.3 Å². The number of ether oxygens (including phenoxy) is 1. The predicted molar refractivity (Wildman–Crippen MR) is 63.3 cm³/mol. The molecule has 1 heterocycles. The Balaban J connectivity index is 2.66. The molecule has 0 aliphatic heterocycles. The van der Waals surface area contributed by atoms with Crippen molar-refractivity contribution in [2.75, 3.05) is 18.5 Å². The summed E-state index contributed by atoms with van der Waals surface area (Å²) < 4.78 is 5.44. The van der Waals surface area contributed by atoms with Gasteiger partial charge >= 0.3 is 5.97 Å². The molecule has 0 spiro atoms. The average Bonchev–Trinajstić information content (AvgIpc) is 2.25. The van der Waals surface area contributed by atoms with Crippen molar-refractivity contribution in [3.8, 4) is 5.88 Å². The lowest BCUT2D eigenvalue weighted by Gasteiger charge is -2.17. The van der Waals surface area contributed by atoms with Gasteiger partial charge in [-0.3, -0.25) is 4.79 Å². The van der Waals surface area contributed by atoms with E-state index in [-0.39, 0.29) is 12.5 Å². The molecule has 0 amide bonds. The Morgan fingerprint density at radius 3 is 2.82 bits per heavy atom. The maximum atomic E-state index is 10.5. The molecule has 0 aromatic carbocycles. The topological polar surface area (TPSA) is 75.5 Å². The van der Waals surface area contributed by atoms with Crippen molar-refractivity contribution >= 4 is 11.8 Å². The Bertz CT molecular complexity index is 382. The minimum absolute atomic E-state index is 0.0436. The summed E-state index contributed by atoms with van der Waals surface area (Å²) in [6.45, 7) is 4.22. The number of nitrogens with zero attached hydrogens (tertiary/aromatic N) is 3. The highest BCUT2D eigenvalue weighted by Gasteiger charge is 2.07. The van der Waals surface area contributed by atoms with E-state index in [4.69, 9.17) is 9.84 Å². The molecule has 1 N–H and O–H groups in total. The van der Waals surface area contributed by atoms with Crippen molar-refractivity contribution in [1.29, 1.82) is 0 Å². The molecule has 0 bridgehead atoms. The number of hydrogen-bond donors (Lipinski definition) is 1. The van der Waals surface area contributed by atoms with Crippen LogP contribution in [0, 0.1) is 0 Å². The third-order valence-electron chi connectivity index (χ3n) is 2.04. The van der Waals surface area contributed by atoms with E-state index < -0.39 is 5.97 Å². The molecule has 1 aromatic rings. The summed E-state index contributed by atoms with van der Waals surface area (Å²) in [5.74, 6) is 0.314. The lowest BCUT2D eigenvalue weighted by molar-refractivity contribution is -0.136. The number of hydrogen-bond acceptors (Lipinski definition) is 5. The van der Waals surface area contributed by atoms with Crippen LogP contribution in [-0.2, 0) is 4.79 Å². The van der Waals surface area contributed by atoms with Crippen molar-refractivity contribution in [1.82, 2.24) is 9.97 Å². The van der Waals surface area contributed by atoms with Gasteiger partial charge in [-0.15, -0.1) is 0 Å². The molecule has 0 unspecified atom stereocenters. The quantitative estimate of drug-likeness (QED) is 0.803. The summed E-state index contributed by atoms with van der Waals surface area (Å²) in [6, 6.07) is 1.70. The van der Waals surface area contributed by atoms with Gasteiger partial charge in [-0.2, -0.15) is 0 Å². The first-order chi connectivity index (χ1) is 7.99. The average molecular weight is 239 g/mol. The van der Waals surface area contributed by atoms with E-state index in [1.165, 1.54) is 6.33 Å². The fourth-order valence-electron chi connectivity index (χ4n) is 1.22. The first-order valence-corrected chi connectivity index (χ1v) is 5.40. The molecule has 0 aliphatic rings. The second kappa shape index (κ2) is 6.03. The van der Waals surface area contributed by atoms with Crippen molar-refractivity contribution in [2.45, 2.75) is 26.4 Å². The standard InChI is InChI=1S/C11H17N3O3/c1-8(2)17-10-6-9(12-7-13-10)14(3)5-4-11(15)16/h6-8H,4-5H2,1-3H3,(H,15,16). The number of rotatable bonds is 6. The van der Waals surface area contributed by atoms with Crippen molar-refractivity contribution in [2.24, 2.45) is 0 Å². The molecule has 1 aromatic heterocycles. The molecule has 6 nitrogen and oxygen atoms in total. The first-order valence-electron chi connectivity index (χ1n) is 5.40. The van der Waals surface area contributed by atoms with Gasteiger partial charge in [-0.1, -0.05) is 0 Å². The fourth-order valence-corrected chi connectivity index (χ4v) is 1.22. The molecule has 94 valence electrons. The van der Waals surface area contributed by atoms with Crippen molar-refractivity contribution in [3.63, 3.8) is 0 Å². The van der Waals surface area contributed by atoms with Gasteiger partial charge in [-0.05, 0) is 13.8 Å². The Hall–Kier alpha value is -1.85. The van der Waals surface area contributed by atoms with E-state index in [0.717, 1.165) is 0 Å². The van der Waals surface area contributed by atoms with Crippen LogP contribution in [0.4, 0.5) is 5.82 Å². The maximum absolute atomic E-state index is 10.5. The largest absolute Gasteiger partial charge is 0.481 e. The van der Waals surface area contributed by atoms with Gasteiger partial charge in [0.15, 0.2) is 0 Å². The highest BCUT2D eigenvalue weighted by atomic mass is 16.5. The minimum Gasteiger partial charge on any atom is -0.481 e. The lowest BCUT2D eigenvalue weighted by Crippen LogP contribution is -2.22. The molecular formula is C11H17N3O3. The van der Waals surface area contributed by atoms with E-state index in [1.54, 1.807) is 18.0 Å². The van der Waals surface area contributed by atoms with E-state index in [0.29, 0.717) is 18.2 Å². The van der Waals surface area contributed by atoms with E-state index in [2.05, 4.69) is 9.97 Å². The van der Waals surface area contributed by atoms with Crippen LogP contribution in [0.25, 0.3) is 0 Å². The molecule has 0 saturated heterocycles. The number of carboxylic acid groups (broad SMARTS) is 1. The van der Waals surface area contributed by atoms with Crippen LogP contribution >= 0.6 is 0 Å². The van der Waals surface area contributed by atoms with Gasteiger partial charge in [-0.25, -0.2) is 9.97 Å². The summed E-state index contributed by atoms with van der Waals surface area (Å²) in [5.41, 5.74) is 0. The maximum Gasteiger partial charge on any atom is 0.305 e. The second-order valence-electron chi connectivity index (χ2n) is 3.95. The molecule has 0 radical (unpaired) electrons. The van der Waals surface area contributed by atoms with Gasteiger partial charge in [0.1, 0.15) is 12.1 Å². The smallest absolute Gasteiger partial charge is 0.305 e. The zero-order valence-corrected chi connectivity index (χ0v) is 10.3. The molecule has 6 heteroatoms. The Morgan fingerprint density at radius 2 is 2.24 bits per heavy atom. The summed E-state index contributed by atoms with van der Waals surface area (Å²) in [7, 11) is 1.78. The van der Waals surface area contributed by atoms with Crippen LogP contribution in [0.5, 0.6) is 5.88 Å². The number of anilines is 1. The Kier molecular flexibility index (Phi) is 4.68. The van der Waals surface area contributed by atoms with Crippen LogP contribution in [0.3, 0.4) is 0 Å². The normalized spacial score (nSPS) is 10.4. The lowest BCUT2D eigenvalue weighted by atomic mass is 10.4.